The zero-order chi connectivity index (χ0) is 12.9. The third-order valence-corrected chi connectivity index (χ3v) is 4.30. The van der Waals surface area contributed by atoms with Crippen molar-refractivity contribution in [1.82, 2.24) is 10.2 Å². The van der Waals surface area contributed by atoms with Gasteiger partial charge in [-0.1, -0.05) is 13.8 Å². The Morgan fingerprint density at radius 3 is 2.65 bits per heavy atom. The minimum absolute atomic E-state index is 0.248. The van der Waals surface area contributed by atoms with Crippen LogP contribution in [0.1, 0.15) is 47.0 Å². The monoisotopic (exact) mass is 242 g/mol. The lowest BCUT2D eigenvalue weighted by atomic mass is 9.93. The van der Waals surface area contributed by atoms with Crippen LogP contribution in [0.5, 0.6) is 0 Å². The second-order valence-electron chi connectivity index (χ2n) is 5.77. The first kappa shape index (κ1) is 14.9. The predicted octanol–water partition coefficient (Wildman–Crippen LogP) is 2.26. The van der Waals surface area contributed by atoms with Crippen molar-refractivity contribution in [2.75, 3.05) is 26.8 Å². The summed E-state index contributed by atoms with van der Waals surface area (Å²) >= 11 is 0. The van der Waals surface area contributed by atoms with Crippen LogP contribution in [0.3, 0.4) is 0 Å². The van der Waals surface area contributed by atoms with Crippen LogP contribution >= 0.6 is 0 Å². The Morgan fingerprint density at radius 2 is 2.06 bits per heavy atom. The summed E-state index contributed by atoms with van der Waals surface area (Å²) in [6, 6.07) is 1.09. The lowest BCUT2D eigenvalue weighted by Gasteiger charge is -2.46. The fraction of sp³-hybridized carbons (Fsp3) is 1.00. The van der Waals surface area contributed by atoms with E-state index in [1.54, 1.807) is 0 Å². The zero-order valence-electron chi connectivity index (χ0n) is 12.3. The van der Waals surface area contributed by atoms with Gasteiger partial charge in [-0.2, -0.15) is 0 Å². The normalized spacial score (nSPS) is 26.5. The third kappa shape index (κ3) is 3.94. The largest absolute Gasteiger partial charge is 0.380 e. The van der Waals surface area contributed by atoms with Crippen LogP contribution in [0.25, 0.3) is 0 Å². The molecule has 3 nitrogen and oxygen atoms in total. The minimum atomic E-state index is 0.248. The number of ether oxygens (including phenoxy) is 1. The number of hydrogen-bond acceptors (Lipinski definition) is 3. The summed E-state index contributed by atoms with van der Waals surface area (Å²) in [7, 11) is 2.24. The summed E-state index contributed by atoms with van der Waals surface area (Å²) in [5.74, 6) is 0. The van der Waals surface area contributed by atoms with Crippen molar-refractivity contribution >= 4 is 0 Å². The maximum atomic E-state index is 5.67. The van der Waals surface area contributed by atoms with Crippen molar-refractivity contribution in [3.63, 3.8) is 0 Å². The van der Waals surface area contributed by atoms with Crippen LogP contribution in [0.4, 0.5) is 0 Å². The number of nitrogens with one attached hydrogen (secondary N) is 1. The third-order valence-electron chi connectivity index (χ3n) is 4.30. The van der Waals surface area contributed by atoms with E-state index in [1.807, 2.05) is 0 Å². The molecule has 0 spiro atoms. The average Bonchev–Trinajstić information content (AvgIpc) is 2.35. The maximum Gasteiger partial charge on any atom is 0.0637 e. The molecule has 1 heterocycles. The molecule has 1 rings (SSSR count). The van der Waals surface area contributed by atoms with Gasteiger partial charge in [0.2, 0.25) is 0 Å². The first-order valence-corrected chi connectivity index (χ1v) is 7.07. The Morgan fingerprint density at radius 1 is 1.35 bits per heavy atom. The van der Waals surface area contributed by atoms with E-state index in [1.165, 1.54) is 12.8 Å². The Hall–Kier alpha value is -0.120. The molecule has 0 aromatic heterocycles. The smallest absolute Gasteiger partial charge is 0.0637 e. The van der Waals surface area contributed by atoms with Crippen molar-refractivity contribution in [2.45, 2.75) is 64.6 Å². The fourth-order valence-electron chi connectivity index (χ4n) is 2.37. The van der Waals surface area contributed by atoms with Gasteiger partial charge in [-0.25, -0.2) is 0 Å². The molecule has 102 valence electrons. The van der Waals surface area contributed by atoms with Crippen LogP contribution in [0, 0.1) is 0 Å². The molecule has 0 bridgehead atoms. The van der Waals surface area contributed by atoms with Gasteiger partial charge in [0.25, 0.3) is 0 Å². The molecule has 1 aliphatic heterocycles. The molecule has 3 heteroatoms. The van der Waals surface area contributed by atoms with Crippen molar-refractivity contribution in [2.24, 2.45) is 0 Å². The van der Waals surface area contributed by atoms with E-state index in [0.717, 1.165) is 26.2 Å². The Kier molecular flexibility index (Phi) is 5.90. The molecule has 1 fully saturated rings. The maximum absolute atomic E-state index is 5.67. The molecule has 0 aliphatic carbocycles. The van der Waals surface area contributed by atoms with Gasteiger partial charge >= 0.3 is 0 Å². The second-order valence-corrected chi connectivity index (χ2v) is 5.77. The van der Waals surface area contributed by atoms with Crippen LogP contribution in [0.15, 0.2) is 0 Å². The molecule has 0 amide bonds. The van der Waals surface area contributed by atoms with Crippen LogP contribution < -0.4 is 5.32 Å². The highest BCUT2D eigenvalue weighted by molar-refractivity contribution is 4.92. The summed E-state index contributed by atoms with van der Waals surface area (Å²) in [4.78, 5) is 2.50. The highest BCUT2D eigenvalue weighted by atomic mass is 16.5. The molecule has 17 heavy (non-hydrogen) atoms. The van der Waals surface area contributed by atoms with Crippen molar-refractivity contribution in [1.29, 1.82) is 0 Å². The number of rotatable bonds is 6. The number of nitrogens with zero attached hydrogens (tertiary/aromatic N) is 1. The molecule has 1 N–H and O–H groups in total. The quantitative estimate of drug-likeness (QED) is 0.773. The zero-order valence-corrected chi connectivity index (χ0v) is 12.3. The van der Waals surface area contributed by atoms with Gasteiger partial charge in [0.1, 0.15) is 0 Å². The van der Waals surface area contributed by atoms with E-state index in [2.05, 4.69) is 45.0 Å². The molecular weight excluding hydrogens is 212 g/mol. The van der Waals surface area contributed by atoms with Gasteiger partial charge in [-0.05, 0) is 46.7 Å². The van der Waals surface area contributed by atoms with Gasteiger partial charge in [-0.3, -0.25) is 4.90 Å². The van der Waals surface area contributed by atoms with Crippen molar-refractivity contribution in [3.05, 3.63) is 0 Å². The summed E-state index contributed by atoms with van der Waals surface area (Å²) in [5, 5.41) is 3.68. The lowest BCUT2D eigenvalue weighted by molar-refractivity contribution is -0.0290. The molecule has 2 atom stereocenters. The van der Waals surface area contributed by atoms with Gasteiger partial charge < -0.3 is 10.1 Å². The summed E-state index contributed by atoms with van der Waals surface area (Å²) in [5.41, 5.74) is 0.248. The highest BCUT2D eigenvalue weighted by Gasteiger charge is 2.34. The van der Waals surface area contributed by atoms with Gasteiger partial charge in [0.15, 0.2) is 0 Å². The van der Waals surface area contributed by atoms with Crippen molar-refractivity contribution in [3.8, 4) is 0 Å². The van der Waals surface area contributed by atoms with Crippen LogP contribution in [-0.4, -0.2) is 49.3 Å². The molecule has 1 aliphatic rings. The molecule has 2 unspecified atom stereocenters. The van der Waals surface area contributed by atoms with Crippen molar-refractivity contribution < 1.29 is 4.74 Å². The van der Waals surface area contributed by atoms with Gasteiger partial charge in [0, 0.05) is 24.2 Å². The predicted molar refractivity (Wildman–Crippen MR) is 73.4 cm³/mol. The van der Waals surface area contributed by atoms with Gasteiger partial charge in [0.05, 0.1) is 6.61 Å². The van der Waals surface area contributed by atoms with E-state index in [-0.39, 0.29) is 5.54 Å². The van der Waals surface area contributed by atoms with E-state index in [9.17, 15) is 0 Å². The summed E-state index contributed by atoms with van der Waals surface area (Å²) in [6.45, 7) is 12.0. The molecular formula is C14H30N2O. The second kappa shape index (κ2) is 6.72. The number of hydrogen-bond donors (Lipinski definition) is 1. The average molecular weight is 242 g/mol. The summed E-state index contributed by atoms with van der Waals surface area (Å²) < 4.78 is 5.67. The molecule has 1 saturated heterocycles. The Labute approximate surface area is 107 Å². The van der Waals surface area contributed by atoms with Crippen LogP contribution in [-0.2, 0) is 4.74 Å². The molecule has 0 saturated carbocycles. The Balaban J connectivity index is 2.63. The first-order chi connectivity index (χ1) is 8.03. The number of likely N-dealkylation sites (N-methyl/N-ethyl adjacent to an activating group) is 1. The van der Waals surface area contributed by atoms with E-state index in [0.29, 0.717) is 12.1 Å². The Bertz CT molecular complexity index is 218. The minimum Gasteiger partial charge on any atom is -0.380 e. The molecule has 0 aromatic carbocycles. The van der Waals surface area contributed by atoms with E-state index in [4.69, 9.17) is 4.74 Å². The lowest BCUT2D eigenvalue weighted by Crippen LogP contribution is -2.59. The highest BCUT2D eigenvalue weighted by Crippen LogP contribution is 2.24. The SMILES string of the molecule is CCCNC1CCOCC1N(C)C(C)(C)CC. The standard InChI is InChI=1S/C14H30N2O/c1-6-9-15-12-8-10-17-11-13(12)16(5)14(3,4)7-2/h12-13,15H,6-11H2,1-5H3. The fourth-order valence-corrected chi connectivity index (χ4v) is 2.37. The van der Waals surface area contributed by atoms with Gasteiger partial charge in [-0.15, -0.1) is 0 Å². The summed E-state index contributed by atoms with van der Waals surface area (Å²) in [6.07, 6.45) is 3.50. The molecule has 0 radical (unpaired) electrons. The topological polar surface area (TPSA) is 24.5 Å². The molecule has 0 aromatic rings. The van der Waals surface area contributed by atoms with E-state index >= 15 is 0 Å². The van der Waals surface area contributed by atoms with Crippen LogP contribution in [0.2, 0.25) is 0 Å². The first-order valence-electron chi connectivity index (χ1n) is 7.07. The van der Waals surface area contributed by atoms with E-state index < -0.39 is 0 Å².